The van der Waals surface area contributed by atoms with Crippen molar-refractivity contribution in [2.45, 2.75) is 31.7 Å². The lowest BCUT2D eigenvalue weighted by Crippen LogP contribution is -2.39. The molecule has 0 aliphatic heterocycles. The third kappa shape index (κ3) is 3.36. The van der Waals surface area contributed by atoms with Gasteiger partial charge >= 0.3 is 0 Å². The number of Topliss-reactive ketones (excluding diaryl/α,β-unsaturated/α-hetero) is 1. The molecule has 0 aliphatic carbocycles. The van der Waals surface area contributed by atoms with Crippen molar-refractivity contribution in [3.8, 4) is 0 Å². The molecule has 0 aliphatic rings. The maximum absolute atomic E-state index is 12.5. The molecule has 0 bridgehead atoms. The smallest absolute Gasteiger partial charge is 0.223 e. The summed E-state index contributed by atoms with van der Waals surface area (Å²) in [5.41, 5.74) is 0.0768. The second-order valence-electron chi connectivity index (χ2n) is 5.74. The zero-order valence-corrected chi connectivity index (χ0v) is 12.6. The van der Waals surface area contributed by atoms with Gasteiger partial charge in [0.15, 0.2) is 5.78 Å². The van der Waals surface area contributed by atoms with Crippen LogP contribution in [0.25, 0.3) is 0 Å². The second kappa shape index (κ2) is 6.47. The summed E-state index contributed by atoms with van der Waals surface area (Å²) in [4.78, 5) is 27.5. The van der Waals surface area contributed by atoms with Crippen LogP contribution in [0.2, 0.25) is 0 Å². The van der Waals surface area contributed by atoms with Gasteiger partial charge in [-0.2, -0.15) is 0 Å². The van der Waals surface area contributed by atoms with Crippen molar-refractivity contribution in [3.63, 3.8) is 0 Å². The predicted molar refractivity (Wildman–Crippen MR) is 83.4 cm³/mol. The number of ketones is 1. The van der Waals surface area contributed by atoms with E-state index in [-0.39, 0.29) is 17.1 Å². The van der Waals surface area contributed by atoms with Crippen LogP contribution in [0.15, 0.2) is 54.9 Å². The van der Waals surface area contributed by atoms with Crippen LogP contribution in [0.5, 0.6) is 0 Å². The Kier molecular flexibility index (Phi) is 4.65. The minimum absolute atomic E-state index is 0.0853. The quantitative estimate of drug-likeness (QED) is 0.465. The van der Waals surface area contributed by atoms with Crippen LogP contribution in [0, 0.1) is 10.1 Å². The highest BCUT2D eigenvalue weighted by molar-refractivity contribution is 5.96. The fraction of sp³-hybridized carbons (Fsp3) is 0.294. The van der Waals surface area contributed by atoms with Crippen LogP contribution < -0.4 is 0 Å². The number of nitro groups is 1. The third-order valence-electron chi connectivity index (χ3n) is 3.92. The Bertz CT molecular complexity index is 654. The minimum Gasteiger partial charge on any atom is -0.294 e. The van der Waals surface area contributed by atoms with Crippen LogP contribution in [0.3, 0.4) is 0 Å². The summed E-state index contributed by atoms with van der Waals surface area (Å²) in [5.74, 6) is -0.615. The molecule has 2 aromatic rings. The van der Waals surface area contributed by atoms with Crippen molar-refractivity contribution in [1.29, 1.82) is 0 Å². The first-order chi connectivity index (χ1) is 10.4. The summed E-state index contributed by atoms with van der Waals surface area (Å²) in [6.45, 7) is 3.10. The largest absolute Gasteiger partial charge is 0.294 e. The van der Waals surface area contributed by atoms with Crippen molar-refractivity contribution in [2.24, 2.45) is 0 Å². The van der Waals surface area contributed by atoms with E-state index in [0.717, 1.165) is 5.56 Å². The van der Waals surface area contributed by atoms with Crippen molar-refractivity contribution in [1.82, 2.24) is 4.98 Å². The number of pyridine rings is 1. The predicted octanol–water partition coefficient (Wildman–Crippen LogP) is 3.49. The molecule has 5 nitrogen and oxygen atoms in total. The first-order valence-electron chi connectivity index (χ1n) is 7.05. The van der Waals surface area contributed by atoms with Gasteiger partial charge in [0, 0.05) is 43.1 Å². The molecule has 0 saturated heterocycles. The molecule has 1 aromatic carbocycles. The van der Waals surface area contributed by atoms with Crippen LogP contribution in [-0.2, 0) is 0 Å². The average molecular weight is 298 g/mol. The molecule has 1 atom stereocenters. The van der Waals surface area contributed by atoms with E-state index < -0.39 is 11.5 Å². The zero-order chi connectivity index (χ0) is 16.2. The lowest BCUT2D eigenvalue weighted by Gasteiger charge is -2.26. The summed E-state index contributed by atoms with van der Waals surface area (Å²) < 4.78 is 0. The Morgan fingerprint density at radius 1 is 1.18 bits per heavy atom. The topological polar surface area (TPSA) is 73.1 Å². The number of rotatable bonds is 6. The Labute approximate surface area is 129 Å². The number of aromatic nitrogens is 1. The number of nitrogens with zero attached hydrogens (tertiary/aromatic N) is 2. The van der Waals surface area contributed by atoms with Crippen molar-refractivity contribution < 1.29 is 9.72 Å². The van der Waals surface area contributed by atoms with Gasteiger partial charge in [-0.1, -0.05) is 30.3 Å². The lowest BCUT2D eigenvalue weighted by atomic mass is 9.78. The normalized spacial score (nSPS) is 12.6. The van der Waals surface area contributed by atoms with E-state index in [1.165, 1.54) is 0 Å². The van der Waals surface area contributed by atoms with E-state index in [0.29, 0.717) is 5.56 Å². The Morgan fingerprint density at radius 3 is 2.32 bits per heavy atom. The molecule has 1 heterocycles. The highest BCUT2D eigenvalue weighted by atomic mass is 16.6. The molecule has 1 aromatic heterocycles. The average Bonchev–Trinajstić information content (AvgIpc) is 2.53. The number of hydrogen-bond donors (Lipinski definition) is 0. The fourth-order valence-corrected chi connectivity index (χ4v) is 2.43. The molecular formula is C17H18N2O3. The molecule has 22 heavy (non-hydrogen) atoms. The summed E-state index contributed by atoms with van der Waals surface area (Å²) in [5, 5.41) is 11.4. The molecule has 0 fully saturated rings. The summed E-state index contributed by atoms with van der Waals surface area (Å²) in [6.07, 6.45) is 3.26. The summed E-state index contributed by atoms with van der Waals surface area (Å²) >= 11 is 0. The highest BCUT2D eigenvalue weighted by Gasteiger charge is 2.42. The Hall–Kier alpha value is -2.56. The monoisotopic (exact) mass is 298 g/mol. The van der Waals surface area contributed by atoms with E-state index in [9.17, 15) is 14.9 Å². The van der Waals surface area contributed by atoms with Gasteiger partial charge in [-0.15, -0.1) is 0 Å². The summed E-state index contributed by atoms with van der Waals surface area (Å²) in [7, 11) is 0. The molecule has 114 valence electrons. The van der Waals surface area contributed by atoms with Gasteiger partial charge in [0.2, 0.25) is 5.54 Å². The number of benzene rings is 1. The molecule has 1 unspecified atom stereocenters. The summed E-state index contributed by atoms with van der Waals surface area (Å²) in [6, 6.07) is 12.3. The van der Waals surface area contributed by atoms with Crippen LogP contribution in [0.1, 0.15) is 42.1 Å². The van der Waals surface area contributed by atoms with Crippen molar-refractivity contribution in [3.05, 3.63) is 76.1 Å². The Balaban J connectivity index is 2.34. The molecule has 0 radical (unpaired) electrons. The van der Waals surface area contributed by atoms with Gasteiger partial charge in [-0.25, -0.2) is 0 Å². The van der Waals surface area contributed by atoms with E-state index >= 15 is 0 Å². The van der Waals surface area contributed by atoms with Gasteiger partial charge in [0.25, 0.3) is 0 Å². The molecular weight excluding hydrogens is 280 g/mol. The molecule has 0 amide bonds. The number of carbonyl (C=O) groups is 1. The highest BCUT2D eigenvalue weighted by Crippen LogP contribution is 2.34. The van der Waals surface area contributed by atoms with Crippen molar-refractivity contribution >= 4 is 5.78 Å². The van der Waals surface area contributed by atoms with Gasteiger partial charge in [-0.05, 0) is 17.7 Å². The van der Waals surface area contributed by atoms with Crippen LogP contribution in [-0.4, -0.2) is 21.2 Å². The fourth-order valence-electron chi connectivity index (χ4n) is 2.43. The molecule has 2 rings (SSSR count). The van der Waals surface area contributed by atoms with Crippen LogP contribution >= 0.6 is 0 Å². The maximum atomic E-state index is 12.5. The van der Waals surface area contributed by atoms with E-state index in [1.54, 1.807) is 62.6 Å². The molecule has 0 saturated carbocycles. The van der Waals surface area contributed by atoms with Crippen LogP contribution in [0.4, 0.5) is 0 Å². The minimum atomic E-state index is -1.24. The second-order valence-corrected chi connectivity index (χ2v) is 5.74. The van der Waals surface area contributed by atoms with Gasteiger partial charge < -0.3 is 0 Å². The first kappa shape index (κ1) is 15.8. The maximum Gasteiger partial charge on any atom is 0.223 e. The number of carbonyl (C=O) groups excluding carboxylic acids is 1. The van der Waals surface area contributed by atoms with Gasteiger partial charge in [-0.3, -0.25) is 19.9 Å². The van der Waals surface area contributed by atoms with Crippen molar-refractivity contribution in [2.75, 3.05) is 0 Å². The zero-order valence-electron chi connectivity index (χ0n) is 12.6. The number of hydrogen-bond acceptors (Lipinski definition) is 4. The van der Waals surface area contributed by atoms with E-state index in [4.69, 9.17) is 0 Å². The van der Waals surface area contributed by atoms with Gasteiger partial charge in [0.05, 0.1) is 5.92 Å². The standard InChI is InChI=1S/C17H18N2O3/c1-17(2,19(21)22)15(13-8-10-18-11-9-13)12-16(20)14-6-4-3-5-7-14/h3-11,15H,12H2,1-2H3. The molecule has 0 N–H and O–H groups in total. The Morgan fingerprint density at radius 2 is 1.77 bits per heavy atom. The van der Waals surface area contributed by atoms with Gasteiger partial charge in [0.1, 0.15) is 0 Å². The van der Waals surface area contributed by atoms with E-state index in [1.807, 2.05) is 6.07 Å². The first-order valence-corrected chi connectivity index (χ1v) is 7.05. The van der Waals surface area contributed by atoms with E-state index in [2.05, 4.69) is 4.98 Å². The third-order valence-corrected chi connectivity index (χ3v) is 3.92. The molecule has 5 heteroatoms. The molecule has 0 spiro atoms. The lowest BCUT2D eigenvalue weighted by molar-refractivity contribution is -0.565. The SMILES string of the molecule is CC(C)(C(CC(=O)c1ccccc1)c1ccncc1)[N+](=O)[O-].